The van der Waals surface area contributed by atoms with Gasteiger partial charge in [-0.15, -0.1) is 0 Å². The number of carbonyl (C=O) groups is 1. The van der Waals surface area contributed by atoms with Crippen molar-refractivity contribution in [2.24, 2.45) is 5.10 Å². The highest BCUT2D eigenvalue weighted by Gasteiger charge is 2.11. The first-order valence-electron chi connectivity index (χ1n) is 6.85. The van der Waals surface area contributed by atoms with E-state index in [0.717, 1.165) is 5.56 Å². The van der Waals surface area contributed by atoms with Crippen LogP contribution in [0.25, 0.3) is 0 Å². The second-order valence-corrected chi connectivity index (χ2v) is 5.17. The summed E-state index contributed by atoms with van der Waals surface area (Å²) < 4.78 is 0. The summed E-state index contributed by atoms with van der Waals surface area (Å²) in [5.74, 6) is -0.372. The van der Waals surface area contributed by atoms with Crippen LogP contribution in [-0.4, -0.2) is 11.6 Å². The van der Waals surface area contributed by atoms with E-state index in [2.05, 4.69) is 15.8 Å². The van der Waals surface area contributed by atoms with Crippen molar-refractivity contribution in [3.8, 4) is 12.1 Å². The molecule has 7 heteroatoms. The summed E-state index contributed by atoms with van der Waals surface area (Å²) in [7, 11) is 0. The Kier molecular flexibility index (Phi) is 5.51. The van der Waals surface area contributed by atoms with Crippen molar-refractivity contribution in [3.63, 3.8) is 0 Å². The largest absolute Gasteiger partial charge is 0.322 e. The van der Waals surface area contributed by atoms with Crippen molar-refractivity contribution in [1.82, 2.24) is 0 Å². The smallest absolute Gasteiger partial charge is 0.257 e. The van der Waals surface area contributed by atoms with Gasteiger partial charge in [-0.1, -0.05) is 29.8 Å². The van der Waals surface area contributed by atoms with Crippen molar-refractivity contribution in [3.05, 3.63) is 58.6 Å². The number of rotatable bonds is 4. The highest BCUT2D eigenvalue weighted by atomic mass is 35.5. The van der Waals surface area contributed by atoms with E-state index in [0.29, 0.717) is 22.0 Å². The van der Waals surface area contributed by atoms with Gasteiger partial charge in [0, 0.05) is 10.7 Å². The third-order valence-electron chi connectivity index (χ3n) is 3.10. The van der Waals surface area contributed by atoms with Gasteiger partial charge in [0.05, 0.1) is 11.3 Å². The van der Waals surface area contributed by atoms with Crippen molar-refractivity contribution >= 4 is 34.6 Å². The lowest BCUT2D eigenvalue weighted by Crippen LogP contribution is -2.14. The maximum absolute atomic E-state index is 12.4. The van der Waals surface area contributed by atoms with E-state index in [1.807, 2.05) is 6.92 Å². The number of hydrogen-bond acceptors (Lipinski definition) is 5. The predicted octanol–water partition coefficient (Wildman–Crippen LogP) is 3.72. The van der Waals surface area contributed by atoms with Crippen LogP contribution in [0.5, 0.6) is 0 Å². The molecule has 2 N–H and O–H groups in total. The Balaban J connectivity index is 2.24. The number of hydrazone groups is 1. The highest BCUT2D eigenvalue weighted by Crippen LogP contribution is 2.22. The third-order valence-corrected chi connectivity index (χ3v) is 3.51. The van der Waals surface area contributed by atoms with Crippen LogP contribution in [-0.2, 0) is 0 Å². The molecule has 118 valence electrons. The number of carbonyl (C=O) groups excluding carboxylic acids is 1. The quantitative estimate of drug-likeness (QED) is 0.655. The van der Waals surface area contributed by atoms with Crippen LogP contribution in [0, 0.1) is 29.6 Å². The van der Waals surface area contributed by atoms with Crippen LogP contribution in [0.3, 0.4) is 0 Å². The Bertz CT molecular complexity index is 877. The fourth-order valence-corrected chi connectivity index (χ4v) is 2.02. The van der Waals surface area contributed by atoms with Crippen LogP contribution in [0.1, 0.15) is 15.9 Å². The first-order chi connectivity index (χ1) is 11.5. The molecule has 0 spiro atoms. The summed E-state index contributed by atoms with van der Waals surface area (Å²) in [6, 6.07) is 15.1. The van der Waals surface area contributed by atoms with Crippen LogP contribution in [0.15, 0.2) is 47.6 Å². The van der Waals surface area contributed by atoms with Gasteiger partial charge in [-0.3, -0.25) is 10.2 Å². The summed E-state index contributed by atoms with van der Waals surface area (Å²) in [5.41, 5.74) is 4.37. The number of nitriles is 2. The lowest BCUT2D eigenvalue weighted by molar-refractivity contribution is 0.102. The molecule has 2 aromatic carbocycles. The summed E-state index contributed by atoms with van der Waals surface area (Å²) in [4.78, 5) is 12.4. The molecular weight excluding hydrogens is 326 g/mol. The van der Waals surface area contributed by atoms with Gasteiger partial charge in [0.15, 0.2) is 0 Å². The van der Waals surface area contributed by atoms with Crippen molar-refractivity contribution in [1.29, 1.82) is 10.5 Å². The van der Waals surface area contributed by atoms with E-state index in [1.165, 1.54) is 0 Å². The summed E-state index contributed by atoms with van der Waals surface area (Å²) in [5, 5.41) is 24.3. The monoisotopic (exact) mass is 337 g/mol. The number of benzene rings is 2. The van der Waals surface area contributed by atoms with E-state index in [-0.39, 0.29) is 11.6 Å². The number of amides is 1. The molecule has 0 atom stereocenters. The molecule has 0 unspecified atom stereocenters. The van der Waals surface area contributed by atoms with Gasteiger partial charge in [-0.05, 0) is 36.8 Å². The molecule has 0 fully saturated rings. The second kappa shape index (κ2) is 7.77. The van der Waals surface area contributed by atoms with Gasteiger partial charge in [0.1, 0.15) is 12.1 Å². The van der Waals surface area contributed by atoms with Crippen LogP contribution < -0.4 is 10.7 Å². The maximum atomic E-state index is 12.4. The molecule has 2 aromatic rings. The molecule has 6 nitrogen and oxygen atoms in total. The van der Waals surface area contributed by atoms with Gasteiger partial charge in [-0.25, -0.2) is 0 Å². The molecule has 0 aliphatic rings. The Morgan fingerprint density at radius 3 is 2.54 bits per heavy atom. The zero-order valence-corrected chi connectivity index (χ0v) is 13.4. The zero-order valence-electron chi connectivity index (χ0n) is 12.7. The summed E-state index contributed by atoms with van der Waals surface area (Å²) >= 11 is 6.05. The average Bonchev–Trinajstić information content (AvgIpc) is 2.59. The van der Waals surface area contributed by atoms with E-state index in [1.54, 1.807) is 54.6 Å². The molecule has 0 aliphatic heterocycles. The number of hydrogen-bond donors (Lipinski definition) is 2. The molecule has 2 rings (SSSR count). The Hall–Kier alpha value is -3.35. The molecule has 0 bridgehead atoms. The molecule has 1 amide bonds. The Labute approximate surface area is 144 Å². The van der Waals surface area contributed by atoms with E-state index in [4.69, 9.17) is 22.1 Å². The standard InChI is InChI=1S/C17H12ClN5O/c1-11-6-7-12(8-15(11)18)21-17(24)14-4-2-3-5-16(14)23-22-13(9-19)10-20/h2-8,23H,1H3,(H,21,24). The normalized spacial score (nSPS) is 9.33. The minimum Gasteiger partial charge on any atom is -0.322 e. The molecule has 0 saturated heterocycles. The number of aryl methyl sites for hydroxylation is 1. The van der Waals surface area contributed by atoms with Crippen molar-refractivity contribution in [2.45, 2.75) is 6.92 Å². The molecule has 0 saturated carbocycles. The van der Waals surface area contributed by atoms with Crippen LogP contribution in [0.2, 0.25) is 5.02 Å². The molecule has 0 radical (unpaired) electrons. The van der Waals surface area contributed by atoms with Crippen molar-refractivity contribution < 1.29 is 4.79 Å². The number of nitrogens with one attached hydrogen (secondary N) is 2. The number of nitrogens with zero attached hydrogens (tertiary/aromatic N) is 3. The molecule has 0 heterocycles. The van der Waals surface area contributed by atoms with E-state index in [9.17, 15) is 4.79 Å². The van der Waals surface area contributed by atoms with Crippen LogP contribution >= 0.6 is 11.6 Å². The van der Waals surface area contributed by atoms with Crippen LogP contribution in [0.4, 0.5) is 11.4 Å². The fourth-order valence-electron chi connectivity index (χ4n) is 1.84. The van der Waals surface area contributed by atoms with Crippen molar-refractivity contribution in [2.75, 3.05) is 10.7 Å². The van der Waals surface area contributed by atoms with Gasteiger partial charge in [-0.2, -0.15) is 15.6 Å². The molecule has 24 heavy (non-hydrogen) atoms. The summed E-state index contributed by atoms with van der Waals surface area (Å²) in [6.07, 6.45) is 0. The van der Waals surface area contributed by atoms with Gasteiger partial charge < -0.3 is 5.32 Å². The first kappa shape index (κ1) is 17.0. The fraction of sp³-hybridized carbons (Fsp3) is 0.0588. The van der Waals surface area contributed by atoms with E-state index < -0.39 is 0 Å². The zero-order chi connectivity index (χ0) is 17.5. The lowest BCUT2D eigenvalue weighted by atomic mass is 10.1. The van der Waals surface area contributed by atoms with Gasteiger partial charge in [0.2, 0.25) is 5.71 Å². The van der Waals surface area contributed by atoms with Gasteiger partial charge in [0.25, 0.3) is 5.91 Å². The maximum Gasteiger partial charge on any atom is 0.257 e. The molecule has 0 aromatic heterocycles. The summed E-state index contributed by atoms with van der Waals surface area (Å²) in [6.45, 7) is 1.87. The Morgan fingerprint density at radius 1 is 1.17 bits per heavy atom. The number of halogens is 1. The minimum absolute atomic E-state index is 0.313. The Morgan fingerprint density at radius 2 is 1.88 bits per heavy atom. The molecule has 0 aliphatic carbocycles. The SMILES string of the molecule is Cc1ccc(NC(=O)c2ccccc2NN=C(C#N)C#N)cc1Cl. The second-order valence-electron chi connectivity index (χ2n) is 4.76. The average molecular weight is 338 g/mol. The molecular formula is C17H12ClN5O. The third kappa shape index (κ3) is 4.10. The van der Waals surface area contributed by atoms with Gasteiger partial charge >= 0.3 is 0 Å². The minimum atomic E-state index is -0.372. The number of para-hydroxylation sites is 1. The van der Waals surface area contributed by atoms with E-state index >= 15 is 0 Å². The lowest BCUT2D eigenvalue weighted by Gasteiger charge is -2.10. The first-order valence-corrected chi connectivity index (χ1v) is 7.23. The highest BCUT2D eigenvalue weighted by molar-refractivity contribution is 6.31. The predicted molar refractivity (Wildman–Crippen MR) is 92.9 cm³/mol. The topological polar surface area (TPSA) is 101 Å². The number of anilines is 2.